The lowest BCUT2D eigenvalue weighted by molar-refractivity contribution is -0.0996. The van der Waals surface area contributed by atoms with E-state index in [4.69, 9.17) is 9.47 Å². The summed E-state index contributed by atoms with van der Waals surface area (Å²) < 4.78 is 10.8. The summed E-state index contributed by atoms with van der Waals surface area (Å²) in [6, 6.07) is 0. The first-order chi connectivity index (χ1) is 11.2. The predicted molar refractivity (Wildman–Crippen MR) is 90.3 cm³/mol. The van der Waals surface area contributed by atoms with Crippen LogP contribution >= 0.6 is 0 Å². The first-order valence-electron chi connectivity index (χ1n) is 9.05. The van der Waals surface area contributed by atoms with Crippen LogP contribution in [0.2, 0.25) is 0 Å². The predicted octanol–water partition coefficient (Wildman–Crippen LogP) is 2.18. The minimum absolute atomic E-state index is 0.0872. The lowest BCUT2D eigenvalue weighted by atomic mass is 10.1. The molecule has 0 spiro atoms. The van der Waals surface area contributed by atoms with Crippen molar-refractivity contribution in [3.05, 3.63) is 12.2 Å². The van der Waals surface area contributed by atoms with E-state index < -0.39 is 24.4 Å². The molecule has 1 heterocycles. The van der Waals surface area contributed by atoms with E-state index in [1.807, 2.05) is 0 Å². The van der Waals surface area contributed by atoms with Crippen molar-refractivity contribution in [2.75, 3.05) is 19.8 Å². The maximum Gasteiger partial charge on any atom is 0.114 e. The van der Waals surface area contributed by atoms with Crippen LogP contribution in [-0.2, 0) is 9.47 Å². The van der Waals surface area contributed by atoms with E-state index in [1.165, 1.54) is 38.5 Å². The van der Waals surface area contributed by atoms with Crippen LogP contribution in [0.5, 0.6) is 0 Å². The topological polar surface area (TPSA) is 79.2 Å². The molecule has 1 saturated heterocycles. The van der Waals surface area contributed by atoms with Gasteiger partial charge in [-0.15, -0.1) is 0 Å². The van der Waals surface area contributed by atoms with Gasteiger partial charge in [-0.25, -0.2) is 0 Å². The summed E-state index contributed by atoms with van der Waals surface area (Å²) in [5, 5.41) is 28.5. The largest absolute Gasteiger partial charge is 0.394 e. The van der Waals surface area contributed by atoms with E-state index in [0.29, 0.717) is 6.61 Å². The highest BCUT2D eigenvalue weighted by molar-refractivity contribution is 4.89. The Labute approximate surface area is 140 Å². The Bertz CT molecular complexity index is 308. The highest BCUT2D eigenvalue weighted by Crippen LogP contribution is 2.19. The lowest BCUT2D eigenvalue weighted by Crippen LogP contribution is -2.42. The Balaban J connectivity index is 2.03. The van der Waals surface area contributed by atoms with E-state index in [1.54, 1.807) is 0 Å². The van der Waals surface area contributed by atoms with Crippen LogP contribution in [0, 0.1) is 0 Å². The highest BCUT2D eigenvalue weighted by Gasteiger charge is 2.40. The van der Waals surface area contributed by atoms with E-state index in [2.05, 4.69) is 19.1 Å². The molecule has 1 aliphatic heterocycles. The maximum atomic E-state index is 9.76. The van der Waals surface area contributed by atoms with Gasteiger partial charge in [0.15, 0.2) is 0 Å². The van der Waals surface area contributed by atoms with Crippen LogP contribution in [0.3, 0.4) is 0 Å². The molecular formula is C18H34O5. The van der Waals surface area contributed by atoms with Crippen molar-refractivity contribution >= 4 is 0 Å². The molecule has 0 saturated carbocycles. The summed E-state index contributed by atoms with van der Waals surface area (Å²) in [7, 11) is 0. The van der Waals surface area contributed by atoms with Crippen molar-refractivity contribution < 1.29 is 24.8 Å². The second-order valence-electron chi connectivity index (χ2n) is 6.26. The van der Waals surface area contributed by atoms with Gasteiger partial charge < -0.3 is 24.8 Å². The van der Waals surface area contributed by atoms with Crippen LogP contribution in [0.4, 0.5) is 0 Å². The van der Waals surface area contributed by atoms with E-state index >= 15 is 0 Å². The van der Waals surface area contributed by atoms with Gasteiger partial charge in [-0.2, -0.15) is 0 Å². The number of hydrogen-bond donors (Lipinski definition) is 3. The molecule has 1 aliphatic rings. The van der Waals surface area contributed by atoms with Gasteiger partial charge >= 0.3 is 0 Å². The van der Waals surface area contributed by atoms with Crippen LogP contribution < -0.4 is 0 Å². The number of rotatable bonds is 13. The molecule has 23 heavy (non-hydrogen) atoms. The van der Waals surface area contributed by atoms with Gasteiger partial charge in [0.25, 0.3) is 0 Å². The Morgan fingerprint density at radius 2 is 1.78 bits per heavy atom. The molecule has 1 fully saturated rings. The van der Waals surface area contributed by atoms with Crippen molar-refractivity contribution in [3.8, 4) is 0 Å². The van der Waals surface area contributed by atoms with Gasteiger partial charge in [-0.1, -0.05) is 51.2 Å². The van der Waals surface area contributed by atoms with Gasteiger partial charge in [-0.05, 0) is 19.3 Å². The monoisotopic (exact) mass is 330 g/mol. The Morgan fingerprint density at radius 3 is 2.43 bits per heavy atom. The molecule has 0 aromatic rings. The molecule has 0 bridgehead atoms. The number of unbranched alkanes of at least 4 members (excludes halogenated alkanes) is 6. The molecule has 0 aromatic heterocycles. The van der Waals surface area contributed by atoms with Crippen molar-refractivity contribution in [2.45, 2.75) is 82.7 Å². The zero-order chi connectivity index (χ0) is 16.9. The summed E-state index contributed by atoms with van der Waals surface area (Å²) >= 11 is 0. The molecule has 136 valence electrons. The van der Waals surface area contributed by atoms with Crippen molar-refractivity contribution in [2.24, 2.45) is 0 Å². The second kappa shape index (κ2) is 12.9. The minimum atomic E-state index is -0.990. The molecule has 4 atom stereocenters. The number of ether oxygens (including phenoxy) is 2. The number of hydrogen-bond acceptors (Lipinski definition) is 5. The zero-order valence-electron chi connectivity index (χ0n) is 14.4. The fourth-order valence-corrected chi connectivity index (χ4v) is 2.77. The fraction of sp³-hybridized carbons (Fsp3) is 0.889. The van der Waals surface area contributed by atoms with E-state index in [-0.39, 0.29) is 13.2 Å². The molecule has 3 N–H and O–H groups in total. The van der Waals surface area contributed by atoms with Crippen LogP contribution in [0.15, 0.2) is 12.2 Å². The first kappa shape index (κ1) is 20.6. The van der Waals surface area contributed by atoms with Gasteiger partial charge in [0.2, 0.25) is 0 Å². The average molecular weight is 330 g/mol. The molecular weight excluding hydrogens is 296 g/mol. The van der Waals surface area contributed by atoms with Gasteiger partial charge in [0.1, 0.15) is 24.4 Å². The zero-order valence-corrected chi connectivity index (χ0v) is 14.4. The third kappa shape index (κ3) is 8.27. The summed E-state index contributed by atoms with van der Waals surface area (Å²) in [5.74, 6) is 0. The summed E-state index contributed by atoms with van der Waals surface area (Å²) in [6.45, 7) is 2.56. The maximum absolute atomic E-state index is 9.76. The van der Waals surface area contributed by atoms with Crippen LogP contribution in [0.1, 0.15) is 58.3 Å². The molecule has 0 aromatic carbocycles. The molecule has 0 amide bonds. The van der Waals surface area contributed by atoms with Crippen molar-refractivity contribution in [3.63, 3.8) is 0 Å². The highest BCUT2D eigenvalue weighted by atomic mass is 16.6. The quantitative estimate of drug-likeness (QED) is 0.356. The van der Waals surface area contributed by atoms with Crippen LogP contribution in [0.25, 0.3) is 0 Å². The Morgan fingerprint density at radius 1 is 1.09 bits per heavy atom. The number of aliphatic hydroxyl groups is 3. The molecule has 0 unspecified atom stereocenters. The smallest absolute Gasteiger partial charge is 0.114 e. The molecule has 5 heteroatoms. The molecule has 0 radical (unpaired) electrons. The van der Waals surface area contributed by atoms with Gasteiger partial charge in [0, 0.05) is 0 Å². The van der Waals surface area contributed by atoms with Crippen LogP contribution in [-0.4, -0.2) is 59.6 Å². The molecule has 1 rings (SSSR count). The van der Waals surface area contributed by atoms with Crippen molar-refractivity contribution in [1.82, 2.24) is 0 Å². The normalized spacial score (nSPS) is 26.2. The standard InChI is InChI=1S/C18H34O5/c1-2-3-4-5-6-7-8-9-10-11-12-22-16(13-19)18-17(21)15(20)14-23-18/h9-10,15-21H,2-8,11-14H2,1H3/b10-9+/t15-,16+,17-,18-/m1/s1. The SMILES string of the molecule is CCCCCCCC/C=C/CCO[C@@H](CO)[C@H]1OC[C@@H](O)[C@H]1O. The third-order valence-electron chi connectivity index (χ3n) is 4.24. The molecule has 5 nitrogen and oxygen atoms in total. The minimum Gasteiger partial charge on any atom is -0.394 e. The first-order valence-corrected chi connectivity index (χ1v) is 9.05. The summed E-state index contributed by atoms with van der Waals surface area (Å²) in [5.41, 5.74) is 0. The van der Waals surface area contributed by atoms with Gasteiger partial charge in [-0.3, -0.25) is 0 Å². The fourth-order valence-electron chi connectivity index (χ4n) is 2.77. The van der Waals surface area contributed by atoms with E-state index in [9.17, 15) is 15.3 Å². The van der Waals surface area contributed by atoms with Gasteiger partial charge in [0.05, 0.1) is 19.8 Å². The average Bonchev–Trinajstić information content (AvgIpc) is 2.88. The second-order valence-corrected chi connectivity index (χ2v) is 6.26. The Hall–Kier alpha value is -0.460. The number of aliphatic hydroxyl groups excluding tert-OH is 3. The Kier molecular flexibility index (Phi) is 11.5. The number of allylic oxidation sites excluding steroid dienone is 1. The lowest BCUT2D eigenvalue weighted by Gasteiger charge is -2.24. The van der Waals surface area contributed by atoms with E-state index in [0.717, 1.165) is 12.8 Å². The summed E-state index contributed by atoms with van der Waals surface area (Å²) in [4.78, 5) is 0. The third-order valence-corrected chi connectivity index (χ3v) is 4.24. The molecule has 0 aliphatic carbocycles. The summed E-state index contributed by atoms with van der Waals surface area (Å²) in [6.07, 6.45) is 10.9. The van der Waals surface area contributed by atoms with Crippen molar-refractivity contribution in [1.29, 1.82) is 0 Å².